The molecular weight excluding hydrogens is 98.1 g/mol. The quantitative estimate of drug-likeness (QED) is 0.484. The van der Waals surface area contributed by atoms with Crippen LogP contribution in [0.5, 0.6) is 0 Å². The zero-order valence-corrected chi connectivity index (χ0v) is 5.01. The lowest BCUT2D eigenvalue weighted by atomic mass is 10.2. The minimum absolute atomic E-state index is 1.23. The first-order chi connectivity index (χ1) is 3.93. The molecule has 0 N–H and O–H groups in total. The SMILES string of the molecule is C=CC=CN1CCC1. The van der Waals surface area contributed by atoms with Gasteiger partial charge in [-0.3, -0.25) is 0 Å². The van der Waals surface area contributed by atoms with Gasteiger partial charge in [0.25, 0.3) is 0 Å². The number of likely N-dealkylation sites (tertiary alicyclic amines) is 1. The molecular formula is C7H11N. The Hall–Kier alpha value is -0.720. The van der Waals surface area contributed by atoms with E-state index >= 15 is 0 Å². The van der Waals surface area contributed by atoms with Crippen LogP contribution in [0, 0.1) is 0 Å². The lowest BCUT2D eigenvalue weighted by molar-refractivity contribution is 0.264. The Kier molecular flexibility index (Phi) is 1.73. The lowest BCUT2D eigenvalue weighted by Crippen LogP contribution is -2.31. The molecule has 1 heterocycles. The average Bonchev–Trinajstić information content (AvgIpc) is 1.63. The van der Waals surface area contributed by atoms with E-state index < -0.39 is 0 Å². The van der Waals surface area contributed by atoms with E-state index in [1.807, 2.05) is 6.08 Å². The molecule has 1 fully saturated rings. The predicted octanol–water partition coefficient (Wildman–Crippen LogP) is 1.39. The van der Waals surface area contributed by atoms with E-state index in [-0.39, 0.29) is 0 Å². The van der Waals surface area contributed by atoms with Gasteiger partial charge in [-0.05, 0) is 18.7 Å². The fraction of sp³-hybridized carbons (Fsp3) is 0.429. The fourth-order valence-corrected chi connectivity index (χ4v) is 0.672. The molecule has 0 aromatic heterocycles. The molecule has 1 heteroatoms. The van der Waals surface area contributed by atoms with Gasteiger partial charge >= 0.3 is 0 Å². The van der Waals surface area contributed by atoms with Crippen LogP contribution in [-0.4, -0.2) is 18.0 Å². The summed E-state index contributed by atoms with van der Waals surface area (Å²) in [6.07, 6.45) is 7.20. The molecule has 0 saturated carbocycles. The van der Waals surface area contributed by atoms with Crippen molar-refractivity contribution in [3.63, 3.8) is 0 Å². The molecule has 0 amide bonds. The minimum Gasteiger partial charge on any atom is -0.377 e. The predicted molar refractivity (Wildman–Crippen MR) is 35.5 cm³/mol. The van der Waals surface area contributed by atoms with Crippen molar-refractivity contribution in [2.24, 2.45) is 0 Å². The third-order valence-corrected chi connectivity index (χ3v) is 1.32. The smallest absolute Gasteiger partial charge is 0.0189 e. The summed E-state index contributed by atoms with van der Waals surface area (Å²) < 4.78 is 0. The highest BCUT2D eigenvalue weighted by Gasteiger charge is 2.06. The van der Waals surface area contributed by atoms with E-state index in [9.17, 15) is 0 Å². The second kappa shape index (κ2) is 2.55. The molecule has 1 saturated heterocycles. The van der Waals surface area contributed by atoms with Crippen molar-refractivity contribution in [1.82, 2.24) is 4.90 Å². The van der Waals surface area contributed by atoms with Crippen LogP contribution in [0.4, 0.5) is 0 Å². The Morgan fingerprint density at radius 2 is 2.12 bits per heavy atom. The number of allylic oxidation sites excluding steroid dienone is 2. The molecule has 1 rings (SSSR count). The Bertz CT molecular complexity index is 101. The molecule has 0 bridgehead atoms. The summed E-state index contributed by atoms with van der Waals surface area (Å²) in [6, 6.07) is 0. The summed E-state index contributed by atoms with van der Waals surface area (Å²) in [5.41, 5.74) is 0. The van der Waals surface area contributed by atoms with Gasteiger partial charge in [0.15, 0.2) is 0 Å². The molecule has 0 radical (unpaired) electrons. The van der Waals surface area contributed by atoms with Gasteiger partial charge in [-0.2, -0.15) is 0 Å². The molecule has 0 aliphatic carbocycles. The molecule has 8 heavy (non-hydrogen) atoms. The van der Waals surface area contributed by atoms with Gasteiger partial charge in [0.1, 0.15) is 0 Å². The zero-order chi connectivity index (χ0) is 5.82. The topological polar surface area (TPSA) is 3.24 Å². The van der Waals surface area contributed by atoms with Gasteiger partial charge in [0.2, 0.25) is 0 Å². The van der Waals surface area contributed by atoms with Crippen LogP contribution in [0.3, 0.4) is 0 Å². The van der Waals surface area contributed by atoms with Gasteiger partial charge in [-0.25, -0.2) is 0 Å². The lowest BCUT2D eigenvalue weighted by Gasteiger charge is -2.28. The zero-order valence-electron chi connectivity index (χ0n) is 5.01. The maximum atomic E-state index is 3.58. The molecule has 1 nitrogen and oxygen atoms in total. The summed E-state index contributed by atoms with van der Waals surface area (Å²) in [7, 11) is 0. The number of nitrogens with zero attached hydrogens (tertiary/aromatic N) is 1. The van der Waals surface area contributed by atoms with E-state index in [4.69, 9.17) is 0 Å². The Labute approximate surface area is 50.3 Å². The number of rotatable bonds is 2. The summed E-state index contributed by atoms with van der Waals surface area (Å²) in [5, 5.41) is 0. The van der Waals surface area contributed by atoms with Crippen LogP contribution >= 0.6 is 0 Å². The van der Waals surface area contributed by atoms with Gasteiger partial charge in [0, 0.05) is 13.1 Å². The van der Waals surface area contributed by atoms with Gasteiger partial charge in [-0.15, -0.1) is 0 Å². The van der Waals surface area contributed by atoms with Crippen molar-refractivity contribution >= 4 is 0 Å². The van der Waals surface area contributed by atoms with E-state index in [1.54, 1.807) is 6.08 Å². The minimum atomic E-state index is 1.23. The summed E-state index contributed by atoms with van der Waals surface area (Å²) in [6.45, 7) is 6.03. The normalized spacial score (nSPS) is 18.8. The van der Waals surface area contributed by atoms with E-state index in [0.717, 1.165) is 0 Å². The molecule has 0 spiro atoms. The number of hydrogen-bond acceptors (Lipinski definition) is 1. The van der Waals surface area contributed by atoms with Crippen molar-refractivity contribution < 1.29 is 0 Å². The standard InChI is InChI=1S/C7H11N/c1-2-3-5-8-6-4-7-8/h2-3,5H,1,4,6-7H2. The molecule has 0 unspecified atom stereocenters. The molecule has 0 aromatic carbocycles. The van der Waals surface area contributed by atoms with Crippen LogP contribution in [0.1, 0.15) is 6.42 Å². The van der Waals surface area contributed by atoms with Crippen molar-refractivity contribution in [2.75, 3.05) is 13.1 Å². The van der Waals surface area contributed by atoms with E-state index in [1.165, 1.54) is 19.5 Å². The Morgan fingerprint density at radius 3 is 2.50 bits per heavy atom. The van der Waals surface area contributed by atoms with Crippen molar-refractivity contribution in [3.05, 3.63) is 24.9 Å². The third-order valence-electron chi connectivity index (χ3n) is 1.32. The maximum absolute atomic E-state index is 3.58. The third kappa shape index (κ3) is 1.12. The molecule has 44 valence electrons. The number of hydrogen-bond donors (Lipinski definition) is 0. The molecule has 1 aliphatic heterocycles. The second-order valence-electron chi connectivity index (χ2n) is 1.97. The van der Waals surface area contributed by atoms with E-state index in [2.05, 4.69) is 17.7 Å². The highest BCUT2D eigenvalue weighted by molar-refractivity contribution is 4.98. The maximum Gasteiger partial charge on any atom is 0.0189 e. The van der Waals surface area contributed by atoms with Gasteiger partial charge in [0.05, 0.1) is 0 Å². The van der Waals surface area contributed by atoms with Crippen LogP contribution in [-0.2, 0) is 0 Å². The first-order valence-corrected chi connectivity index (χ1v) is 2.97. The summed E-state index contributed by atoms with van der Waals surface area (Å²) in [5.74, 6) is 0. The molecule has 0 aromatic rings. The van der Waals surface area contributed by atoms with E-state index in [0.29, 0.717) is 0 Å². The summed E-state index contributed by atoms with van der Waals surface area (Å²) in [4.78, 5) is 2.27. The second-order valence-corrected chi connectivity index (χ2v) is 1.97. The molecule has 1 aliphatic rings. The molecule has 0 atom stereocenters. The van der Waals surface area contributed by atoms with Crippen LogP contribution in [0.2, 0.25) is 0 Å². The summed E-state index contributed by atoms with van der Waals surface area (Å²) >= 11 is 0. The van der Waals surface area contributed by atoms with Gasteiger partial charge in [-0.1, -0.05) is 12.7 Å². The highest BCUT2D eigenvalue weighted by Crippen LogP contribution is 2.04. The van der Waals surface area contributed by atoms with Crippen molar-refractivity contribution in [2.45, 2.75) is 6.42 Å². The van der Waals surface area contributed by atoms with Crippen molar-refractivity contribution in [1.29, 1.82) is 0 Å². The Morgan fingerprint density at radius 1 is 1.38 bits per heavy atom. The monoisotopic (exact) mass is 109 g/mol. The van der Waals surface area contributed by atoms with Crippen molar-refractivity contribution in [3.8, 4) is 0 Å². The van der Waals surface area contributed by atoms with Crippen LogP contribution in [0.25, 0.3) is 0 Å². The van der Waals surface area contributed by atoms with Crippen LogP contribution in [0.15, 0.2) is 24.9 Å². The fourth-order valence-electron chi connectivity index (χ4n) is 0.672. The average molecular weight is 109 g/mol. The first kappa shape index (κ1) is 5.42. The highest BCUT2D eigenvalue weighted by atomic mass is 15.1. The first-order valence-electron chi connectivity index (χ1n) is 2.97. The largest absolute Gasteiger partial charge is 0.377 e. The van der Waals surface area contributed by atoms with Crippen LogP contribution < -0.4 is 0 Å². The Balaban J connectivity index is 2.16. The van der Waals surface area contributed by atoms with Gasteiger partial charge < -0.3 is 4.90 Å².